The normalized spacial score (nSPS) is 12.2. The van der Waals surface area contributed by atoms with E-state index in [-0.39, 0.29) is 5.28 Å². The summed E-state index contributed by atoms with van der Waals surface area (Å²) in [5.41, 5.74) is 0. The number of ether oxygens (including phenoxy) is 1. The summed E-state index contributed by atoms with van der Waals surface area (Å²) in [5, 5.41) is 0.184. The molecule has 1 heterocycles. The van der Waals surface area contributed by atoms with Crippen LogP contribution in [0.1, 0.15) is 53.4 Å². The van der Waals surface area contributed by atoms with Crippen molar-refractivity contribution in [3.63, 3.8) is 0 Å². The molecule has 1 aromatic rings. The van der Waals surface area contributed by atoms with Crippen molar-refractivity contribution in [2.75, 3.05) is 24.6 Å². The molecule has 0 saturated heterocycles. The number of hydrogen-bond acceptors (Lipinski definition) is 5. The zero-order chi connectivity index (χ0) is 15.7. The Morgan fingerprint density at radius 3 is 2.38 bits per heavy atom. The molecule has 0 bridgehead atoms. The fraction of sp³-hybridized carbons (Fsp3) is 0.800. The highest BCUT2D eigenvalue weighted by Crippen LogP contribution is 2.18. The molecule has 0 fully saturated rings. The minimum atomic E-state index is 0.184. The van der Waals surface area contributed by atoms with Crippen molar-refractivity contribution in [2.24, 2.45) is 5.92 Å². The van der Waals surface area contributed by atoms with Gasteiger partial charge >= 0.3 is 6.01 Å². The third-order valence-electron chi connectivity index (χ3n) is 3.61. The van der Waals surface area contributed by atoms with E-state index in [4.69, 9.17) is 16.3 Å². The van der Waals surface area contributed by atoms with Gasteiger partial charge in [0.05, 0.1) is 6.61 Å². The standard InChI is InChI=1S/C15H27ClN4O/c1-5-9-10-12(6-2)11-21-15-18-13(16)17-14(19-15)20(7-3)8-4/h12H,5-11H2,1-4H3. The van der Waals surface area contributed by atoms with Crippen molar-refractivity contribution in [2.45, 2.75) is 53.4 Å². The molecule has 0 spiro atoms. The third kappa shape index (κ3) is 6.04. The average Bonchev–Trinajstić information content (AvgIpc) is 2.48. The largest absolute Gasteiger partial charge is 0.463 e. The molecule has 0 aliphatic rings. The maximum atomic E-state index is 5.97. The van der Waals surface area contributed by atoms with Crippen LogP contribution < -0.4 is 9.64 Å². The molecule has 21 heavy (non-hydrogen) atoms. The zero-order valence-electron chi connectivity index (χ0n) is 13.6. The average molecular weight is 315 g/mol. The Morgan fingerprint density at radius 1 is 1.10 bits per heavy atom. The molecule has 120 valence electrons. The molecule has 1 aromatic heterocycles. The molecule has 0 amide bonds. The number of anilines is 1. The van der Waals surface area contributed by atoms with Crippen LogP contribution in [0.4, 0.5) is 5.95 Å². The van der Waals surface area contributed by atoms with Crippen molar-refractivity contribution < 1.29 is 4.74 Å². The topological polar surface area (TPSA) is 51.1 Å². The molecule has 0 aromatic carbocycles. The molecule has 0 radical (unpaired) electrons. The Balaban J connectivity index is 2.70. The Morgan fingerprint density at radius 2 is 1.81 bits per heavy atom. The minimum absolute atomic E-state index is 0.184. The highest BCUT2D eigenvalue weighted by atomic mass is 35.5. The van der Waals surface area contributed by atoms with Gasteiger partial charge in [0.15, 0.2) is 0 Å². The van der Waals surface area contributed by atoms with E-state index in [0.717, 1.165) is 19.5 Å². The summed E-state index contributed by atoms with van der Waals surface area (Å²) in [6, 6.07) is 0.326. The van der Waals surface area contributed by atoms with Crippen LogP contribution in [-0.4, -0.2) is 34.6 Å². The Bertz CT molecular complexity index is 413. The Hall–Kier alpha value is -1.10. The summed E-state index contributed by atoms with van der Waals surface area (Å²) in [6.45, 7) is 10.8. The van der Waals surface area contributed by atoms with E-state index < -0.39 is 0 Å². The molecule has 0 aliphatic heterocycles. The molecular formula is C15H27ClN4O. The predicted molar refractivity (Wildman–Crippen MR) is 87.2 cm³/mol. The van der Waals surface area contributed by atoms with Gasteiger partial charge in [-0.05, 0) is 37.8 Å². The van der Waals surface area contributed by atoms with Crippen LogP contribution in [0, 0.1) is 5.92 Å². The highest BCUT2D eigenvalue weighted by molar-refractivity contribution is 6.28. The summed E-state index contributed by atoms with van der Waals surface area (Å²) in [7, 11) is 0. The first kappa shape index (κ1) is 18.0. The van der Waals surface area contributed by atoms with Gasteiger partial charge in [-0.25, -0.2) is 0 Å². The second kappa shape index (κ2) is 9.77. The van der Waals surface area contributed by atoms with Crippen LogP contribution in [0.25, 0.3) is 0 Å². The first-order valence-electron chi connectivity index (χ1n) is 7.93. The molecule has 5 nitrogen and oxygen atoms in total. The number of nitrogens with zero attached hydrogens (tertiary/aromatic N) is 4. The lowest BCUT2D eigenvalue weighted by atomic mass is 10.0. The molecule has 1 rings (SSSR count). The lowest BCUT2D eigenvalue weighted by Gasteiger charge is -2.19. The zero-order valence-corrected chi connectivity index (χ0v) is 14.4. The fourth-order valence-corrected chi connectivity index (χ4v) is 2.27. The molecule has 6 heteroatoms. The smallest absolute Gasteiger partial charge is 0.322 e. The maximum absolute atomic E-state index is 5.97. The lowest BCUT2D eigenvalue weighted by Crippen LogP contribution is -2.25. The second-order valence-corrected chi connectivity index (χ2v) is 5.42. The van der Waals surface area contributed by atoms with Gasteiger partial charge < -0.3 is 9.64 Å². The van der Waals surface area contributed by atoms with Gasteiger partial charge in [-0.1, -0.05) is 33.1 Å². The monoisotopic (exact) mass is 314 g/mol. The van der Waals surface area contributed by atoms with Gasteiger partial charge in [-0.2, -0.15) is 15.0 Å². The molecule has 0 saturated carbocycles. The summed E-state index contributed by atoms with van der Waals surface area (Å²) < 4.78 is 5.74. The SMILES string of the molecule is CCCCC(CC)COc1nc(Cl)nc(N(CC)CC)n1. The van der Waals surface area contributed by atoms with Crippen LogP contribution in [0.15, 0.2) is 0 Å². The van der Waals surface area contributed by atoms with Crippen LogP contribution in [-0.2, 0) is 0 Å². The first-order valence-corrected chi connectivity index (χ1v) is 8.31. The van der Waals surface area contributed by atoms with Gasteiger partial charge in [-0.3, -0.25) is 0 Å². The summed E-state index contributed by atoms with van der Waals surface area (Å²) in [6.07, 6.45) is 4.71. The van der Waals surface area contributed by atoms with Crippen molar-refractivity contribution in [1.29, 1.82) is 0 Å². The van der Waals surface area contributed by atoms with Crippen molar-refractivity contribution >= 4 is 17.5 Å². The Kier molecular flexibility index (Phi) is 8.35. The fourth-order valence-electron chi connectivity index (χ4n) is 2.12. The number of unbranched alkanes of at least 4 members (excludes halogenated alkanes) is 1. The van der Waals surface area contributed by atoms with Crippen molar-refractivity contribution in [3.05, 3.63) is 5.28 Å². The minimum Gasteiger partial charge on any atom is -0.463 e. The van der Waals surface area contributed by atoms with E-state index in [9.17, 15) is 0 Å². The van der Waals surface area contributed by atoms with Gasteiger partial charge in [-0.15, -0.1) is 0 Å². The predicted octanol–water partition coefficient (Wildman–Crippen LogP) is 3.97. The number of hydrogen-bond donors (Lipinski definition) is 0. The summed E-state index contributed by atoms with van der Waals surface area (Å²) in [4.78, 5) is 14.6. The van der Waals surface area contributed by atoms with E-state index in [0.29, 0.717) is 24.5 Å². The maximum Gasteiger partial charge on any atom is 0.322 e. The quantitative estimate of drug-likeness (QED) is 0.654. The van der Waals surface area contributed by atoms with Gasteiger partial charge in [0.25, 0.3) is 0 Å². The van der Waals surface area contributed by atoms with E-state index in [1.165, 1.54) is 19.3 Å². The van der Waals surface area contributed by atoms with Crippen LogP contribution >= 0.6 is 11.6 Å². The Labute approximate surface area is 133 Å². The summed E-state index contributed by atoms with van der Waals surface area (Å²) >= 11 is 5.97. The third-order valence-corrected chi connectivity index (χ3v) is 3.78. The lowest BCUT2D eigenvalue weighted by molar-refractivity contribution is 0.217. The highest BCUT2D eigenvalue weighted by Gasteiger charge is 2.13. The number of halogens is 1. The van der Waals surface area contributed by atoms with Crippen LogP contribution in [0.3, 0.4) is 0 Å². The first-order chi connectivity index (χ1) is 10.1. The molecular weight excluding hydrogens is 288 g/mol. The molecule has 1 unspecified atom stereocenters. The van der Waals surface area contributed by atoms with Crippen LogP contribution in [0.2, 0.25) is 5.28 Å². The van der Waals surface area contributed by atoms with Crippen molar-refractivity contribution in [3.8, 4) is 6.01 Å². The second-order valence-electron chi connectivity index (χ2n) is 5.09. The van der Waals surface area contributed by atoms with Crippen LogP contribution in [0.5, 0.6) is 6.01 Å². The number of aromatic nitrogens is 3. The summed E-state index contributed by atoms with van der Waals surface area (Å²) in [5.74, 6) is 1.12. The van der Waals surface area contributed by atoms with E-state index in [2.05, 4.69) is 42.6 Å². The van der Waals surface area contributed by atoms with E-state index >= 15 is 0 Å². The van der Waals surface area contributed by atoms with Gasteiger partial charge in [0.1, 0.15) is 0 Å². The number of rotatable bonds is 10. The van der Waals surface area contributed by atoms with Gasteiger partial charge in [0.2, 0.25) is 11.2 Å². The van der Waals surface area contributed by atoms with Crippen molar-refractivity contribution in [1.82, 2.24) is 15.0 Å². The van der Waals surface area contributed by atoms with E-state index in [1.807, 2.05) is 4.90 Å². The van der Waals surface area contributed by atoms with Gasteiger partial charge in [0, 0.05) is 13.1 Å². The molecule has 0 aliphatic carbocycles. The molecule has 1 atom stereocenters. The van der Waals surface area contributed by atoms with E-state index in [1.54, 1.807) is 0 Å². The molecule has 0 N–H and O–H groups in total.